The first-order chi connectivity index (χ1) is 11.6. The van der Waals surface area contributed by atoms with Crippen LogP contribution in [0.25, 0.3) is 10.9 Å². The number of esters is 1. The van der Waals surface area contributed by atoms with Gasteiger partial charge < -0.3 is 15.0 Å². The number of carbonyl (C=O) groups is 2. The Labute approximate surface area is 137 Å². The molecule has 0 fully saturated rings. The topological polar surface area (TPSA) is 71.2 Å². The second-order valence-electron chi connectivity index (χ2n) is 5.27. The Morgan fingerprint density at radius 3 is 2.79 bits per heavy atom. The molecule has 24 heavy (non-hydrogen) atoms. The van der Waals surface area contributed by atoms with Gasteiger partial charge in [0.05, 0.1) is 24.8 Å². The van der Waals surface area contributed by atoms with Gasteiger partial charge in [-0.15, -0.1) is 0 Å². The Morgan fingerprint density at radius 1 is 1.21 bits per heavy atom. The number of benzene rings is 2. The number of anilines is 1. The van der Waals surface area contributed by atoms with E-state index in [1.165, 1.54) is 19.2 Å². The summed E-state index contributed by atoms with van der Waals surface area (Å²) < 4.78 is 18.4. The number of rotatable bonds is 4. The van der Waals surface area contributed by atoms with Crippen LogP contribution in [-0.4, -0.2) is 24.0 Å². The van der Waals surface area contributed by atoms with Crippen LogP contribution >= 0.6 is 0 Å². The molecule has 5 nitrogen and oxygen atoms in total. The number of H-pyrrole nitrogens is 1. The summed E-state index contributed by atoms with van der Waals surface area (Å²) in [6, 6.07) is 11.3. The van der Waals surface area contributed by atoms with Crippen molar-refractivity contribution in [3.8, 4) is 0 Å². The number of aromatic nitrogens is 1. The molecule has 2 N–H and O–H groups in total. The summed E-state index contributed by atoms with van der Waals surface area (Å²) in [6.45, 7) is 0. The van der Waals surface area contributed by atoms with Gasteiger partial charge in [0, 0.05) is 17.1 Å². The van der Waals surface area contributed by atoms with Crippen LogP contribution in [-0.2, 0) is 16.0 Å². The molecule has 2 aromatic carbocycles. The second kappa shape index (κ2) is 6.54. The number of aromatic amines is 1. The third-order valence-electron chi connectivity index (χ3n) is 3.69. The maximum absolute atomic E-state index is 13.9. The zero-order valence-electron chi connectivity index (χ0n) is 12.9. The molecule has 6 heteroatoms. The van der Waals surface area contributed by atoms with Crippen LogP contribution in [0.5, 0.6) is 0 Å². The van der Waals surface area contributed by atoms with E-state index in [1.54, 1.807) is 6.20 Å². The Hall–Kier alpha value is -3.15. The van der Waals surface area contributed by atoms with Crippen molar-refractivity contribution >= 4 is 28.5 Å². The van der Waals surface area contributed by atoms with Gasteiger partial charge in [0.15, 0.2) is 0 Å². The molecule has 0 aliphatic carbocycles. The fourth-order valence-corrected chi connectivity index (χ4v) is 2.51. The normalized spacial score (nSPS) is 10.6. The number of halogens is 1. The molecule has 0 aliphatic heterocycles. The number of nitrogens with one attached hydrogen (secondary N) is 2. The number of hydrogen-bond donors (Lipinski definition) is 2. The van der Waals surface area contributed by atoms with Gasteiger partial charge >= 0.3 is 5.97 Å². The van der Waals surface area contributed by atoms with Crippen molar-refractivity contribution in [3.05, 3.63) is 65.6 Å². The van der Waals surface area contributed by atoms with Crippen molar-refractivity contribution in [3.63, 3.8) is 0 Å². The van der Waals surface area contributed by atoms with E-state index >= 15 is 0 Å². The van der Waals surface area contributed by atoms with Crippen LogP contribution in [0.3, 0.4) is 0 Å². The standard InChI is InChI=1S/C18H15FN2O3/c1-24-18(23)11-6-7-14(19)16(8-11)21-17(22)9-12-10-20-15-5-3-2-4-13(12)15/h2-8,10,20H,9H2,1H3,(H,21,22). The Balaban J connectivity index is 1.78. The lowest BCUT2D eigenvalue weighted by Gasteiger charge is -2.08. The zero-order chi connectivity index (χ0) is 17.1. The summed E-state index contributed by atoms with van der Waals surface area (Å²) in [4.78, 5) is 26.8. The minimum atomic E-state index is -0.616. The van der Waals surface area contributed by atoms with Crippen molar-refractivity contribution < 1.29 is 18.7 Å². The molecule has 1 heterocycles. The number of carbonyl (C=O) groups excluding carboxylic acids is 2. The maximum atomic E-state index is 13.9. The summed E-state index contributed by atoms with van der Waals surface area (Å²) in [5.41, 5.74) is 1.86. The average Bonchev–Trinajstić information content (AvgIpc) is 2.99. The van der Waals surface area contributed by atoms with E-state index in [9.17, 15) is 14.0 Å². The lowest BCUT2D eigenvalue weighted by molar-refractivity contribution is -0.115. The Morgan fingerprint density at radius 2 is 2.00 bits per heavy atom. The molecule has 0 saturated carbocycles. The smallest absolute Gasteiger partial charge is 0.337 e. The third-order valence-corrected chi connectivity index (χ3v) is 3.69. The predicted octanol–water partition coefficient (Wildman–Crippen LogP) is 3.27. The molecule has 3 aromatic rings. The maximum Gasteiger partial charge on any atom is 0.337 e. The SMILES string of the molecule is COC(=O)c1ccc(F)c(NC(=O)Cc2c[nH]c3ccccc23)c1. The van der Waals surface area contributed by atoms with Gasteiger partial charge in [-0.25, -0.2) is 9.18 Å². The monoisotopic (exact) mass is 326 g/mol. The largest absolute Gasteiger partial charge is 0.465 e. The van der Waals surface area contributed by atoms with Crippen molar-refractivity contribution in [2.45, 2.75) is 6.42 Å². The van der Waals surface area contributed by atoms with Gasteiger partial charge in [0.2, 0.25) is 5.91 Å². The third kappa shape index (κ3) is 3.12. The van der Waals surface area contributed by atoms with Gasteiger partial charge in [0.25, 0.3) is 0 Å². The predicted molar refractivity (Wildman–Crippen MR) is 88.4 cm³/mol. The first-order valence-corrected chi connectivity index (χ1v) is 7.31. The minimum Gasteiger partial charge on any atom is -0.465 e. The molecule has 1 aromatic heterocycles. The zero-order valence-corrected chi connectivity index (χ0v) is 12.9. The Kier molecular flexibility index (Phi) is 4.29. The summed E-state index contributed by atoms with van der Waals surface area (Å²) in [6.07, 6.45) is 1.84. The van der Waals surface area contributed by atoms with E-state index in [4.69, 9.17) is 0 Å². The summed E-state index contributed by atoms with van der Waals surface area (Å²) in [5, 5.41) is 3.44. The number of hydrogen-bond acceptors (Lipinski definition) is 3. The van der Waals surface area contributed by atoms with Crippen LogP contribution in [0.2, 0.25) is 0 Å². The molecular formula is C18H15FN2O3. The highest BCUT2D eigenvalue weighted by atomic mass is 19.1. The number of methoxy groups -OCH3 is 1. The van der Waals surface area contributed by atoms with Gasteiger partial charge in [-0.3, -0.25) is 4.79 Å². The lowest BCUT2D eigenvalue weighted by atomic mass is 10.1. The van der Waals surface area contributed by atoms with Crippen LogP contribution in [0.15, 0.2) is 48.7 Å². The van der Waals surface area contributed by atoms with E-state index in [-0.39, 0.29) is 23.6 Å². The van der Waals surface area contributed by atoms with E-state index < -0.39 is 11.8 Å². The van der Waals surface area contributed by atoms with E-state index in [2.05, 4.69) is 15.0 Å². The number of para-hydroxylation sites is 1. The summed E-state index contributed by atoms with van der Waals surface area (Å²) >= 11 is 0. The van der Waals surface area contributed by atoms with Gasteiger partial charge in [-0.1, -0.05) is 18.2 Å². The first kappa shape index (κ1) is 15.7. The van der Waals surface area contributed by atoms with Crippen molar-refractivity contribution in [2.75, 3.05) is 12.4 Å². The number of ether oxygens (including phenoxy) is 1. The molecule has 0 unspecified atom stereocenters. The molecule has 0 spiro atoms. The fourth-order valence-electron chi connectivity index (χ4n) is 2.51. The number of fused-ring (bicyclic) bond motifs is 1. The molecule has 0 bridgehead atoms. The number of amides is 1. The van der Waals surface area contributed by atoms with Crippen LogP contribution in [0.4, 0.5) is 10.1 Å². The van der Waals surface area contributed by atoms with Gasteiger partial charge in [0.1, 0.15) is 5.82 Å². The van der Waals surface area contributed by atoms with E-state index in [0.29, 0.717) is 0 Å². The quantitative estimate of drug-likeness (QED) is 0.723. The minimum absolute atomic E-state index is 0.0530. The van der Waals surface area contributed by atoms with Crippen molar-refractivity contribution in [1.29, 1.82) is 0 Å². The molecular weight excluding hydrogens is 311 g/mol. The molecule has 1 amide bonds. The molecule has 0 saturated heterocycles. The molecule has 122 valence electrons. The molecule has 3 rings (SSSR count). The van der Waals surface area contributed by atoms with Crippen molar-refractivity contribution in [1.82, 2.24) is 4.98 Å². The van der Waals surface area contributed by atoms with Crippen LogP contribution in [0, 0.1) is 5.82 Å². The van der Waals surface area contributed by atoms with E-state index in [1.807, 2.05) is 24.3 Å². The lowest BCUT2D eigenvalue weighted by Crippen LogP contribution is -2.16. The van der Waals surface area contributed by atoms with Crippen LogP contribution in [0.1, 0.15) is 15.9 Å². The molecule has 0 radical (unpaired) electrons. The highest BCUT2D eigenvalue weighted by Gasteiger charge is 2.14. The van der Waals surface area contributed by atoms with Crippen LogP contribution < -0.4 is 5.32 Å². The highest BCUT2D eigenvalue weighted by molar-refractivity contribution is 5.97. The Bertz CT molecular complexity index is 918. The molecule has 0 atom stereocenters. The summed E-state index contributed by atoms with van der Waals surface area (Å²) in [7, 11) is 1.24. The van der Waals surface area contributed by atoms with Gasteiger partial charge in [-0.2, -0.15) is 0 Å². The average molecular weight is 326 g/mol. The van der Waals surface area contributed by atoms with Gasteiger partial charge in [-0.05, 0) is 29.8 Å². The fraction of sp³-hybridized carbons (Fsp3) is 0.111. The summed E-state index contributed by atoms with van der Waals surface area (Å²) in [5.74, 6) is -1.59. The van der Waals surface area contributed by atoms with Crippen molar-refractivity contribution in [2.24, 2.45) is 0 Å². The highest BCUT2D eigenvalue weighted by Crippen LogP contribution is 2.20. The molecule has 0 aliphatic rings. The first-order valence-electron chi connectivity index (χ1n) is 7.31. The second-order valence-corrected chi connectivity index (χ2v) is 5.27. The van der Waals surface area contributed by atoms with E-state index in [0.717, 1.165) is 22.5 Å².